The fourth-order valence-electron chi connectivity index (χ4n) is 1.77. The van der Waals surface area contributed by atoms with Crippen molar-refractivity contribution in [2.75, 3.05) is 0 Å². The maximum atomic E-state index is 11.9. The Balaban J connectivity index is 2.57. The first-order valence-electron chi connectivity index (χ1n) is 5.89. The van der Waals surface area contributed by atoms with Crippen LogP contribution >= 0.6 is 15.9 Å². The van der Waals surface area contributed by atoms with Gasteiger partial charge < -0.3 is 0 Å². The van der Waals surface area contributed by atoms with Gasteiger partial charge in [-0.15, -0.1) is 0 Å². The Labute approximate surface area is 115 Å². The van der Waals surface area contributed by atoms with Crippen molar-refractivity contribution in [3.63, 3.8) is 0 Å². The summed E-state index contributed by atoms with van der Waals surface area (Å²) in [7, 11) is 0. The minimum Gasteiger partial charge on any atom is -0.267 e. The molecule has 1 heterocycles. The quantitative estimate of drug-likeness (QED) is 0.817. The molecule has 0 radical (unpaired) electrons. The SMILES string of the molecule is CCn1nc(-c2ccc(C)cc2)cc(CBr)c1=O. The van der Waals surface area contributed by atoms with Crippen molar-refractivity contribution in [3.8, 4) is 11.3 Å². The van der Waals surface area contributed by atoms with Crippen molar-refractivity contribution in [2.45, 2.75) is 25.7 Å². The number of hydrogen-bond donors (Lipinski definition) is 0. The van der Waals surface area contributed by atoms with E-state index in [-0.39, 0.29) is 5.56 Å². The van der Waals surface area contributed by atoms with E-state index < -0.39 is 0 Å². The Morgan fingerprint density at radius 1 is 1.28 bits per heavy atom. The summed E-state index contributed by atoms with van der Waals surface area (Å²) in [5.74, 6) is 0. The monoisotopic (exact) mass is 306 g/mol. The Hall–Kier alpha value is -1.42. The summed E-state index contributed by atoms with van der Waals surface area (Å²) in [6.45, 7) is 4.55. The summed E-state index contributed by atoms with van der Waals surface area (Å²) in [6, 6.07) is 10.0. The maximum absolute atomic E-state index is 11.9. The standard InChI is InChI=1S/C14H15BrN2O/c1-3-17-14(18)12(9-15)8-13(16-17)11-6-4-10(2)5-7-11/h4-8H,3,9H2,1-2H3. The predicted octanol–water partition coefficient (Wildman–Crippen LogP) is 3.13. The summed E-state index contributed by atoms with van der Waals surface area (Å²) in [5, 5.41) is 4.93. The van der Waals surface area contributed by atoms with Crippen molar-refractivity contribution in [1.82, 2.24) is 9.78 Å². The summed E-state index contributed by atoms with van der Waals surface area (Å²) in [5.41, 5.74) is 3.80. The molecule has 0 saturated carbocycles. The average Bonchev–Trinajstić information content (AvgIpc) is 2.40. The van der Waals surface area contributed by atoms with E-state index >= 15 is 0 Å². The number of alkyl halides is 1. The van der Waals surface area contributed by atoms with Crippen molar-refractivity contribution in [2.24, 2.45) is 0 Å². The molecule has 0 fully saturated rings. The lowest BCUT2D eigenvalue weighted by Crippen LogP contribution is -2.25. The zero-order valence-corrected chi connectivity index (χ0v) is 12.1. The Morgan fingerprint density at radius 2 is 1.94 bits per heavy atom. The van der Waals surface area contributed by atoms with E-state index in [1.807, 2.05) is 44.2 Å². The van der Waals surface area contributed by atoms with E-state index in [0.29, 0.717) is 11.9 Å². The van der Waals surface area contributed by atoms with Crippen LogP contribution < -0.4 is 5.56 Å². The molecule has 94 valence electrons. The molecular weight excluding hydrogens is 292 g/mol. The molecule has 0 aliphatic heterocycles. The molecule has 2 rings (SSSR count). The van der Waals surface area contributed by atoms with Gasteiger partial charge in [0.15, 0.2) is 0 Å². The summed E-state index contributed by atoms with van der Waals surface area (Å²) in [6.07, 6.45) is 0. The molecule has 18 heavy (non-hydrogen) atoms. The highest BCUT2D eigenvalue weighted by molar-refractivity contribution is 9.08. The third kappa shape index (κ3) is 2.53. The molecule has 0 amide bonds. The van der Waals surface area contributed by atoms with Gasteiger partial charge in [0.1, 0.15) is 0 Å². The highest BCUT2D eigenvalue weighted by Crippen LogP contribution is 2.17. The van der Waals surface area contributed by atoms with Crippen LogP contribution in [0.1, 0.15) is 18.1 Å². The number of hydrogen-bond acceptors (Lipinski definition) is 2. The van der Waals surface area contributed by atoms with Crippen molar-refractivity contribution >= 4 is 15.9 Å². The molecule has 3 nitrogen and oxygen atoms in total. The Bertz CT molecular complexity index is 574. The summed E-state index contributed by atoms with van der Waals surface area (Å²) in [4.78, 5) is 11.9. The highest BCUT2D eigenvalue weighted by atomic mass is 79.9. The second-order valence-electron chi connectivity index (χ2n) is 4.18. The van der Waals surface area contributed by atoms with Crippen LogP contribution in [0.25, 0.3) is 11.3 Å². The van der Waals surface area contributed by atoms with E-state index in [4.69, 9.17) is 0 Å². The fraction of sp³-hybridized carbons (Fsp3) is 0.286. The van der Waals surface area contributed by atoms with Crippen molar-refractivity contribution in [1.29, 1.82) is 0 Å². The van der Waals surface area contributed by atoms with Gasteiger partial charge in [0, 0.05) is 23.0 Å². The highest BCUT2D eigenvalue weighted by Gasteiger charge is 2.08. The maximum Gasteiger partial charge on any atom is 0.270 e. The van der Waals surface area contributed by atoms with Crippen molar-refractivity contribution in [3.05, 3.63) is 51.8 Å². The van der Waals surface area contributed by atoms with Gasteiger partial charge in [-0.2, -0.15) is 5.10 Å². The van der Waals surface area contributed by atoms with E-state index in [0.717, 1.165) is 16.8 Å². The van der Waals surface area contributed by atoms with Gasteiger partial charge in [-0.05, 0) is 19.9 Å². The third-order valence-electron chi connectivity index (χ3n) is 2.84. The van der Waals surface area contributed by atoms with Crippen LogP contribution in [0.4, 0.5) is 0 Å². The minimum absolute atomic E-state index is 0.0229. The number of halogens is 1. The molecule has 1 aromatic heterocycles. The first-order valence-corrected chi connectivity index (χ1v) is 7.02. The molecule has 0 aliphatic carbocycles. The number of benzene rings is 1. The van der Waals surface area contributed by atoms with Crippen LogP contribution in [0.3, 0.4) is 0 Å². The lowest BCUT2D eigenvalue weighted by atomic mass is 10.1. The zero-order chi connectivity index (χ0) is 13.1. The van der Waals surface area contributed by atoms with Crippen LogP contribution in [-0.4, -0.2) is 9.78 Å². The van der Waals surface area contributed by atoms with Gasteiger partial charge in [-0.3, -0.25) is 4.79 Å². The normalized spacial score (nSPS) is 10.6. The number of nitrogens with zero attached hydrogens (tertiary/aromatic N) is 2. The Kier molecular flexibility index (Phi) is 3.97. The number of aromatic nitrogens is 2. The molecule has 0 aliphatic rings. The fourth-order valence-corrected chi connectivity index (χ4v) is 2.17. The van der Waals surface area contributed by atoms with Gasteiger partial charge in [0.25, 0.3) is 5.56 Å². The molecule has 0 spiro atoms. The molecule has 1 aromatic carbocycles. The lowest BCUT2D eigenvalue weighted by molar-refractivity contribution is 0.614. The molecule has 4 heteroatoms. The molecule has 2 aromatic rings. The number of rotatable bonds is 3. The number of aryl methyl sites for hydroxylation is 2. The van der Waals surface area contributed by atoms with Crippen LogP contribution in [0.15, 0.2) is 35.1 Å². The average molecular weight is 307 g/mol. The first-order chi connectivity index (χ1) is 8.65. The molecule has 0 N–H and O–H groups in total. The van der Waals surface area contributed by atoms with Crippen LogP contribution in [-0.2, 0) is 11.9 Å². The van der Waals surface area contributed by atoms with E-state index in [1.54, 1.807) is 0 Å². The molecule has 0 saturated heterocycles. The van der Waals surface area contributed by atoms with E-state index in [2.05, 4.69) is 21.0 Å². The van der Waals surface area contributed by atoms with Gasteiger partial charge in [-0.25, -0.2) is 4.68 Å². The minimum atomic E-state index is -0.0229. The molecule has 0 atom stereocenters. The van der Waals surface area contributed by atoms with Crippen LogP contribution in [0.2, 0.25) is 0 Å². The van der Waals surface area contributed by atoms with Crippen LogP contribution in [0.5, 0.6) is 0 Å². The van der Waals surface area contributed by atoms with Gasteiger partial charge in [-0.1, -0.05) is 45.8 Å². The summed E-state index contributed by atoms with van der Waals surface area (Å²) < 4.78 is 1.51. The first kappa shape index (κ1) is 13.0. The van der Waals surface area contributed by atoms with Gasteiger partial charge in [0.2, 0.25) is 0 Å². The smallest absolute Gasteiger partial charge is 0.267 e. The van der Waals surface area contributed by atoms with E-state index in [9.17, 15) is 4.79 Å². The molecule has 0 bridgehead atoms. The second-order valence-corrected chi connectivity index (χ2v) is 4.74. The van der Waals surface area contributed by atoms with Crippen molar-refractivity contribution < 1.29 is 0 Å². The van der Waals surface area contributed by atoms with E-state index in [1.165, 1.54) is 10.2 Å². The zero-order valence-electron chi connectivity index (χ0n) is 10.5. The summed E-state index contributed by atoms with van der Waals surface area (Å²) >= 11 is 3.35. The van der Waals surface area contributed by atoms with Crippen LogP contribution in [0, 0.1) is 6.92 Å². The van der Waals surface area contributed by atoms with Gasteiger partial charge >= 0.3 is 0 Å². The third-order valence-corrected chi connectivity index (χ3v) is 3.44. The topological polar surface area (TPSA) is 34.9 Å². The lowest BCUT2D eigenvalue weighted by Gasteiger charge is -2.08. The second kappa shape index (κ2) is 5.48. The Morgan fingerprint density at radius 3 is 2.50 bits per heavy atom. The van der Waals surface area contributed by atoms with Gasteiger partial charge in [0.05, 0.1) is 5.69 Å². The molecule has 0 unspecified atom stereocenters. The molecular formula is C14H15BrN2O. The largest absolute Gasteiger partial charge is 0.270 e. The predicted molar refractivity (Wildman–Crippen MR) is 77.0 cm³/mol.